The molecule has 1 amide bonds. The van der Waals surface area contributed by atoms with Crippen LogP contribution in [-0.2, 0) is 52.3 Å². The molecule has 1 N–H and O–H groups in total. The summed E-state index contributed by atoms with van der Waals surface area (Å²) in [6.45, 7) is 11.0. The molecule has 2 aliphatic heterocycles. The lowest BCUT2D eigenvalue weighted by Gasteiger charge is -2.38. The van der Waals surface area contributed by atoms with Gasteiger partial charge in [0, 0.05) is 19.8 Å². The topological polar surface area (TPSA) is 162 Å². The highest BCUT2D eigenvalue weighted by Gasteiger charge is 2.61. The summed E-state index contributed by atoms with van der Waals surface area (Å²) in [5.41, 5.74) is -3.50. The van der Waals surface area contributed by atoms with Crippen molar-refractivity contribution in [2.45, 2.75) is 103 Å². The maximum absolute atomic E-state index is 13.1. The molecular weight excluding hydrogens is 506 g/mol. The van der Waals surface area contributed by atoms with E-state index in [0.717, 1.165) is 14.2 Å². The average molecular weight is 546 g/mol. The van der Waals surface area contributed by atoms with E-state index in [1.54, 1.807) is 41.5 Å². The van der Waals surface area contributed by atoms with E-state index in [9.17, 15) is 24.0 Å². The van der Waals surface area contributed by atoms with Gasteiger partial charge in [-0.05, 0) is 41.5 Å². The number of carbonyl (C=O) groups is 5. The van der Waals surface area contributed by atoms with Gasteiger partial charge in [-0.1, -0.05) is 0 Å². The van der Waals surface area contributed by atoms with Gasteiger partial charge in [-0.2, -0.15) is 0 Å². The molecule has 0 bridgehead atoms. The number of hydrogen-bond acceptors (Lipinski definition) is 12. The van der Waals surface area contributed by atoms with Gasteiger partial charge in [0.25, 0.3) is 0 Å². The number of hydrogen-bond donors (Lipinski definition) is 1. The van der Waals surface area contributed by atoms with Crippen molar-refractivity contribution in [3.05, 3.63) is 0 Å². The third-order valence-corrected chi connectivity index (χ3v) is 5.86. The number of methoxy groups -OCH3 is 2. The molecule has 0 aliphatic carbocycles. The van der Waals surface area contributed by atoms with Gasteiger partial charge in [0.2, 0.25) is 0 Å². The second kappa shape index (κ2) is 11.9. The number of nitrogens with one attached hydrogen (secondary N) is 1. The van der Waals surface area contributed by atoms with E-state index in [0.29, 0.717) is 0 Å². The number of ether oxygens (including phenoxy) is 7. The number of esters is 4. The zero-order valence-corrected chi connectivity index (χ0v) is 23.4. The molecule has 2 aliphatic rings. The first-order valence-corrected chi connectivity index (χ1v) is 12.3. The van der Waals surface area contributed by atoms with Crippen molar-refractivity contribution < 1.29 is 57.1 Å². The predicted octanol–water partition coefficient (Wildman–Crippen LogP) is 1.43. The summed E-state index contributed by atoms with van der Waals surface area (Å²) in [7, 11) is 2.27. The van der Waals surface area contributed by atoms with Crippen LogP contribution in [0.25, 0.3) is 0 Å². The number of rotatable bonds is 7. The standard InChI is InChI=1S/C25H39NO12/c1-13(27)35-17-16(36-20(29)23(2,3)4)12-34-15-11-25(21(30)33-9,37-18(15)17)10-14(19(28)32-8)26-22(31)38-24(5,6)7/h14-18H,10-12H2,1-9H3,(H,26,31)/t14-,15+,16-,17+,18-,25+/m0/s1. The minimum absolute atomic E-state index is 0.106. The third kappa shape index (κ3) is 7.79. The smallest absolute Gasteiger partial charge is 0.408 e. The van der Waals surface area contributed by atoms with Gasteiger partial charge < -0.3 is 38.5 Å². The Labute approximate surface area is 222 Å². The van der Waals surface area contributed by atoms with E-state index < -0.39 is 83.5 Å². The second-order valence-electron chi connectivity index (χ2n) is 11.3. The Morgan fingerprint density at radius 1 is 1.00 bits per heavy atom. The first kappa shape index (κ1) is 31.3. The van der Waals surface area contributed by atoms with Crippen LogP contribution in [0.3, 0.4) is 0 Å². The quantitative estimate of drug-likeness (QED) is 0.362. The van der Waals surface area contributed by atoms with Gasteiger partial charge in [-0.15, -0.1) is 0 Å². The third-order valence-electron chi connectivity index (χ3n) is 5.86. The van der Waals surface area contributed by atoms with Crippen LogP contribution >= 0.6 is 0 Å². The predicted molar refractivity (Wildman–Crippen MR) is 129 cm³/mol. The molecular formula is C25H39NO12. The van der Waals surface area contributed by atoms with E-state index >= 15 is 0 Å². The maximum Gasteiger partial charge on any atom is 0.408 e. The number of amides is 1. The fourth-order valence-corrected chi connectivity index (χ4v) is 4.18. The van der Waals surface area contributed by atoms with Gasteiger partial charge in [-0.3, -0.25) is 9.59 Å². The highest BCUT2D eigenvalue weighted by molar-refractivity contribution is 5.85. The average Bonchev–Trinajstić information content (AvgIpc) is 3.16. The van der Waals surface area contributed by atoms with Crippen LogP contribution in [0.2, 0.25) is 0 Å². The highest BCUT2D eigenvalue weighted by Crippen LogP contribution is 2.42. The van der Waals surface area contributed by atoms with E-state index in [-0.39, 0.29) is 13.0 Å². The van der Waals surface area contributed by atoms with E-state index in [2.05, 4.69) is 5.32 Å². The van der Waals surface area contributed by atoms with Crippen LogP contribution in [0, 0.1) is 5.41 Å². The molecule has 2 fully saturated rings. The number of fused-ring (bicyclic) bond motifs is 1. The summed E-state index contributed by atoms with van der Waals surface area (Å²) in [6, 6.07) is -1.37. The second-order valence-corrected chi connectivity index (χ2v) is 11.3. The molecule has 2 heterocycles. The normalized spacial score (nSPS) is 27.8. The molecule has 38 heavy (non-hydrogen) atoms. The lowest BCUT2D eigenvalue weighted by Crippen LogP contribution is -2.55. The van der Waals surface area contributed by atoms with Crippen LogP contribution in [0.5, 0.6) is 0 Å². The highest BCUT2D eigenvalue weighted by atomic mass is 16.7. The Kier molecular flexibility index (Phi) is 9.76. The van der Waals surface area contributed by atoms with Crippen LogP contribution in [0.1, 0.15) is 61.3 Å². The van der Waals surface area contributed by atoms with Crippen molar-refractivity contribution in [2.75, 3.05) is 20.8 Å². The van der Waals surface area contributed by atoms with Gasteiger partial charge in [0.1, 0.15) is 17.7 Å². The van der Waals surface area contributed by atoms with Crippen molar-refractivity contribution in [1.29, 1.82) is 0 Å². The SMILES string of the molecule is COC(=O)[C@H](C[C@]1(C(=O)OC)C[C@H]2OC[C@H](OC(=O)C(C)(C)C)[C@@H](OC(C)=O)[C@H]2O1)NC(=O)OC(C)(C)C. The summed E-state index contributed by atoms with van der Waals surface area (Å²) in [6.07, 6.45) is -5.39. The monoisotopic (exact) mass is 545 g/mol. The van der Waals surface area contributed by atoms with E-state index in [4.69, 9.17) is 33.2 Å². The van der Waals surface area contributed by atoms with Gasteiger partial charge in [-0.25, -0.2) is 14.4 Å². The van der Waals surface area contributed by atoms with Gasteiger partial charge >= 0.3 is 30.0 Å². The molecule has 0 aromatic heterocycles. The van der Waals surface area contributed by atoms with Crippen molar-refractivity contribution in [3.63, 3.8) is 0 Å². The molecule has 6 atom stereocenters. The summed E-state index contributed by atoms with van der Waals surface area (Å²) < 4.78 is 38.1. The van der Waals surface area contributed by atoms with Crippen molar-refractivity contribution in [1.82, 2.24) is 5.32 Å². The summed E-state index contributed by atoms with van der Waals surface area (Å²) in [5.74, 6) is -2.91. The molecule has 216 valence electrons. The molecule has 0 spiro atoms. The van der Waals surface area contributed by atoms with E-state index in [1.165, 1.54) is 6.92 Å². The lowest BCUT2D eigenvalue weighted by molar-refractivity contribution is -0.222. The molecule has 0 aromatic carbocycles. The summed E-state index contributed by atoms with van der Waals surface area (Å²) in [4.78, 5) is 62.6. The van der Waals surface area contributed by atoms with Crippen molar-refractivity contribution >= 4 is 30.0 Å². The van der Waals surface area contributed by atoms with Crippen molar-refractivity contribution in [2.24, 2.45) is 5.41 Å². The molecule has 13 nitrogen and oxygen atoms in total. The van der Waals surface area contributed by atoms with Crippen LogP contribution in [0.4, 0.5) is 4.79 Å². The van der Waals surface area contributed by atoms with Crippen LogP contribution in [0.15, 0.2) is 0 Å². The largest absolute Gasteiger partial charge is 0.467 e. The fourth-order valence-electron chi connectivity index (χ4n) is 4.18. The Hall–Kier alpha value is -2.93. The zero-order chi connectivity index (χ0) is 29.1. The number of carbonyl (C=O) groups excluding carboxylic acids is 5. The van der Waals surface area contributed by atoms with Gasteiger partial charge in [0.15, 0.2) is 17.8 Å². The van der Waals surface area contributed by atoms with Crippen molar-refractivity contribution in [3.8, 4) is 0 Å². The summed E-state index contributed by atoms with van der Waals surface area (Å²) >= 11 is 0. The first-order valence-electron chi connectivity index (χ1n) is 12.3. The molecule has 2 rings (SSSR count). The molecule has 13 heteroatoms. The minimum atomic E-state index is -1.81. The number of alkyl carbamates (subject to hydrolysis) is 1. The molecule has 0 aromatic rings. The Morgan fingerprint density at radius 3 is 2.13 bits per heavy atom. The Bertz CT molecular complexity index is 920. The summed E-state index contributed by atoms with van der Waals surface area (Å²) in [5, 5.41) is 2.41. The zero-order valence-electron chi connectivity index (χ0n) is 23.4. The molecule has 0 unspecified atom stereocenters. The van der Waals surface area contributed by atoms with Crippen LogP contribution in [-0.4, -0.2) is 92.5 Å². The van der Waals surface area contributed by atoms with Crippen LogP contribution < -0.4 is 5.32 Å². The molecule has 2 saturated heterocycles. The molecule has 0 radical (unpaired) electrons. The first-order chi connectivity index (χ1) is 17.4. The van der Waals surface area contributed by atoms with E-state index in [1.807, 2.05) is 0 Å². The lowest BCUT2D eigenvalue weighted by atomic mass is 9.89. The Morgan fingerprint density at radius 2 is 1.63 bits per heavy atom. The van der Waals surface area contributed by atoms with Gasteiger partial charge in [0.05, 0.1) is 32.3 Å². The molecule has 0 saturated carbocycles. The minimum Gasteiger partial charge on any atom is -0.467 e. The maximum atomic E-state index is 13.1. The fraction of sp³-hybridized carbons (Fsp3) is 0.800. The Balaban J connectivity index is 2.38.